The summed E-state index contributed by atoms with van der Waals surface area (Å²) in [5.74, 6) is 0.278. The van der Waals surface area contributed by atoms with Gasteiger partial charge in [0.1, 0.15) is 0 Å². The molecule has 1 N–H and O–H groups in total. The first-order valence-corrected chi connectivity index (χ1v) is 8.80. The summed E-state index contributed by atoms with van der Waals surface area (Å²) in [4.78, 5) is 16.5. The van der Waals surface area contributed by atoms with E-state index in [1.54, 1.807) is 11.3 Å². The Morgan fingerprint density at radius 2 is 2.30 bits per heavy atom. The molecule has 0 saturated carbocycles. The second-order valence-corrected chi connectivity index (χ2v) is 6.87. The molecule has 0 spiro atoms. The first-order valence-electron chi connectivity index (χ1n) is 7.92. The molecule has 2 heterocycles. The molecule has 1 aromatic heterocycles. The monoisotopic (exact) mass is 292 g/mol. The van der Waals surface area contributed by atoms with Crippen molar-refractivity contribution < 1.29 is 4.79 Å². The van der Waals surface area contributed by atoms with E-state index in [0.29, 0.717) is 6.04 Å². The van der Waals surface area contributed by atoms with Gasteiger partial charge < -0.3 is 10.2 Å². The molecule has 1 unspecified atom stereocenters. The highest BCUT2D eigenvalue weighted by atomic mass is 32.1. The average molecular weight is 292 g/mol. The number of fused-ring (bicyclic) bond motifs is 1. The Labute approximate surface area is 125 Å². The molecule has 1 aliphatic heterocycles. The number of carbonyl (C=O) groups is 1. The largest absolute Gasteiger partial charge is 0.334 e. The van der Waals surface area contributed by atoms with Crippen LogP contribution in [-0.2, 0) is 12.8 Å². The average Bonchev–Trinajstić information content (AvgIpc) is 3.13. The van der Waals surface area contributed by atoms with Gasteiger partial charge in [0.25, 0.3) is 5.91 Å². The van der Waals surface area contributed by atoms with Crippen LogP contribution in [0.4, 0.5) is 0 Å². The lowest BCUT2D eigenvalue weighted by molar-refractivity contribution is 0.0691. The van der Waals surface area contributed by atoms with Gasteiger partial charge in [-0.2, -0.15) is 0 Å². The van der Waals surface area contributed by atoms with Crippen molar-refractivity contribution in [2.75, 3.05) is 19.6 Å². The molecule has 2 aliphatic rings. The molecule has 1 amide bonds. The number of amides is 1. The highest BCUT2D eigenvalue weighted by molar-refractivity contribution is 7.10. The van der Waals surface area contributed by atoms with E-state index >= 15 is 0 Å². The molecule has 1 aliphatic carbocycles. The quantitative estimate of drug-likeness (QED) is 0.925. The molecule has 4 heteroatoms. The van der Waals surface area contributed by atoms with Crippen molar-refractivity contribution in [2.24, 2.45) is 0 Å². The van der Waals surface area contributed by atoms with Crippen LogP contribution in [0.1, 0.15) is 53.4 Å². The van der Waals surface area contributed by atoms with Crippen LogP contribution in [0.2, 0.25) is 0 Å². The van der Waals surface area contributed by atoms with E-state index in [1.807, 2.05) is 0 Å². The molecular formula is C16H24N2OS. The number of hydrogen-bond donors (Lipinski definition) is 1. The van der Waals surface area contributed by atoms with Crippen molar-refractivity contribution in [3.8, 4) is 0 Å². The highest BCUT2D eigenvalue weighted by Gasteiger charge is 2.29. The SMILES string of the molecule is CCCN(C(=O)c1csc2c1CCCC2)C1CCNC1. The molecule has 0 bridgehead atoms. The smallest absolute Gasteiger partial charge is 0.255 e. The van der Waals surface area contributed by atoms with E-state index in [-0.39, 0.29) is 5.91 Å². The van der Waals surface area contributed by atoms with Crippen LogP contribution < -0.4 is 5.32 Å². The van der Waals surface area contributed by atoms with E-state index in [9.17, 15) is 4.79 Å². The lowest BCUT2D eigenvalue weighted by Crippen LogP contribution is -2.42. The van der Waals surface area contributed by atoms with Crippen molar-refractivity contribution in [3.63, 3.8) is 0 Å². The number of hydrogen-bond acceptors (Lipinski definition) is 3. The summed E-state index contributed by atoms with van der Waals surface area (Å²) in [6, 6.07) is 0.390. The predicted octanol–water partition coefficient (Wildman–Crippen LogP) is 2.84. The van der Waals surface area contributed by atoms with Gasteiger partial charge in [0.05, 0.1) is 5.56 Å². The molecule has 0 aromatic carbocycles. The maximum absolute atomic E-state index is 13.0. The fourth-order valence-corrected chi connectivity index (χ4v) is 4.54. The molecule has 1 saturated heterocycles. The zero-order valence-corrected chi connectivity index (χ0v) is 13.1. The number of carbonyl (C=O) groups excluding carboxylic acids is 1. The van der Waals surface area contributed by atoms with Gasteiger partial charge in [-0.1, -0.05) is 6.92 Å². The van der Waals surface area contributed by atoms with E-state index in [1.165, 1.54) is 29.7 Å². The number of nitrogens with zero attached hydrogens (tertiary/aromatic N) is 1. The number of thiophene rings is 1. The zero-order chi connectivity index (χ0) is 13.9. The van der Waals surface area contributed by atoms with Gasteiger partial charge in [-0.15, -0.1) is 11.3 Å². The van der Waals surface area contributed by atoms with Gasteiger partial charge in [0.2, 0.25) is 0 Å². The van der Waals surface area contributed by atoms with Gasteiger partial charge in [-0.3, -0.25) is 4.79 Å². The third-order valence-corrected chi connectivity index (χ3v) is 5.58. The summed E-state index contributed by atoms with van der Waals surface area (Å²) in [5.41, 5.74) is 2.36. The second-order valence-electron chi connectivity index (χ2n) is 5.90. The molecule has 1 atom stereocenters. The topological polar surface area (TPSA) is 32.3 Å². The Bertz CT molecular complexity index is 477. The fourth-order valence-electron chi connectivity index (χ4n) is 3.42. The molecular weight excluding hydrogens is 268 g/mol. The van der Waals surface area contributed by atoms with Crippen LogP contribution in [0.3, 0.4) is 0 Å². The van der Waals surface area contributed by atoms with Gasteiger partial charge in [0.15, 0.2) is 0 Å². The highest BCUT2D eigenvalue weighted by Crippen LogP contribution is 2.31. The Morgan fingerprint density at radius 3 is 3.05 bits per heavy atom. The lowest BCUT2D eigenvalue weighted by Gasteiger charge is -2.28. The fraction of sp³-hybridized carbons (Fsp3) is 0.688. The van der Waals surface area contributed by atoms with Crippen LogP contribution in [-0.4, -0.2) is 36.5 Å². The minimum Gasteiger partial charge on any atom is -0.334 e. The Kier molecular flexibility index (Phi) is 4.41. The van der Waals surface area contributed by atoms with Crippen LogP contribution in [0, 0.1) is 0 Å². The van der Waals surface area contributed by atoms with Crippen LogP contribution in [0.25, 0.3) is 0 Å². The minimum absolute atomic E-state index is 0.278. The van der Waals surface area contributed by atoms with Gasteiger partial charge in [-0.05, 0) is 50.6 Å². The number of aryl methyl sites for hydroxylation is 1. The first-order chi connectivity index (χ1) is 9.81. The molecule has 3 nitrogen and oxygen atoms in total. The molecule has 110 valence electrons. The Hall–Kier alpha value is -0.870. The van der Waals surface area contributed by atoms with Crippen LogP contribution in [0.5, 0.6) is 0 Å². The second kappa shape index (κ2) is 6.27. The van der Waals surface area contributed by atoms with E-state index in [0.717, 1.165) is 44.5 Å². The predicted molar refractivity (Wildman–Crippen MR) is 83.6 cm³/mol. The molecule has 0 radical (unpaired) electrons. The summed E-state index contributed by atoms with van der Waals surface area (Å²) in [5, 5.41) is 5.50. The third-order valence-electron chi connectivity index (χ3n) is 4.49. The van der Waals surface area contributed by atoms with Crippen LogP contribution >= 0.6 is 11.3 Å². The van der Waals surface area contributed by atoms with Crippen molar-refractivity contribution in [1.29, 1.82) is 0 Å². The molecule has 20 heavy (non-hydrogen) atoms. The number of nitrogens with one attached hydrogen (secondary N) is 1. The summed E-state index contributed by atoms with van der Waals surface area (Å²) < 4.78 is 0. The summed E-state index contributed by atoms with van der Waals surface area (Å²) in [7, 11) is 0. The van der Waals surface area contributed by atoms with E-state index in [4.69, 9.17) is 0 Å². The van der Waals surface area contributed by atoms with Gasteiger partial charge >= 0.3 is 0 Å². The third kappa shape index (κ3) is 2.63. The lowest BCUT2D eigenvalue weighted by atomic mass is 9.95. The van der Waals surface area contributed by atoms with Gasteiger partial charge in [0, 0.05) is 29.4 Å². The van der Waals surface area contributed by atoms with E-state index in [2.05, 4.69) is 22.5 Å². The van der Waals surface area contributed by atoms with Crippen molar-refractivity contribution in [2.45, 2.75) is 51.5 Å². The Balaban J connectivity index is 1.83. The zero-order valence-electron chi connectivity index (χ0n) is 12.3. The van der Waals surface area contributed by atoms with Crippen molar-refractivity contribution in [1.82, 2.24) is 10.2 Å². The van der Waals surface area contributed by atoms with Crippen molar-refractivity contribution >= 4 is 17.2 Å². The minimum atomic E-state index is 0.278. The summed E-state index contributed by atoms with van der Waals surface area (Å²) in [6.07, 6.45) is 6.93. The molecule has 1 aromatic rings. The van der Waals surface area contributed by atoms with E-state index < -0.39 is 0 Å². The Morgan fingerprint density at radius 1 is 1.45 bits per heavy atom. The maximum Gasteiger partial charge on any atom is 0.255 e. The molecule has 3 rings (SSSR count). The van der Waals surface area contributed by atoms with Gasteiger partial charge in [-0.25, -0.2) is 0 Å². The first kappa shape index (κ1) is 14.1. The summed E-state index contributed by atoms with van der Waals surface area (Å²) >= 11 is 1.80. The van der Waals surface area contributed by atoms with Crippen LogP contribution in [0.15, 0.2) is 5.38 Å². The molecule has 1 fully saturated rings. The van der Waals surface area contributed by atoms with Crippen molar-refractivity contribution in [3.05, 3.63) is 21.4 Å². The number of rotatable bonds is 4. The summed E-state index contributed by atoms with van der Waals surface area (Å²) in [6.45, 7) is 5.04. The normalized spacial score (nSPS) is 21.8. The standard InChI is InChI=1S/C16H24N2OS/c1-2-9-18(12-7-8-17-10-12)16(19)14-11-20-15-6-4-3-5-13(14)15/h11-12,17H,2-10H2,1H3. The maximum atomic E-state index is 13.0.